The van der Waals surface area contributed by atoms with E-state index in [1.165, 1.54) is 66.5 Å². The van der Waals surface area contributed by atoms with Crippen LogP contribution < -0.4 is 15.7 Å². The number of hydrogen-bond donors (Lipinski definition) is 0. The zero-order chi connectivity index (χ0) is 24.9. The predicted octanol–water partition coefficient (Wildman–Crippen LogP) is 6.99. The minimum Gasteiger partial charge on any atom is -0.376 e. The van der Waals surface area contributed by atoms with Crippen molar-refractivity contribution in [1.82, 2.24) is 4.57 Å². The van der Waals surface area contributed by atoms with Crippen molar-refractivity contribution < 1.29 is 0 Å². The van der Waals surface area contributed by atoms with E-state index in [0.29, 0.717) is 0 Å². The van der Waals surface area contributed by atoms with E-state index in [1.807, 2.05) is 0 Å². The first-order valence-electron chi connectivity index (χ1n) is 13.2. The SMILES string of the molecule is Cc1cccc2c1N(B1c3ccccc3-n3c4ccccc4c4cccc1c43)c1ccccc1C2(C)C. The lowest BCUT2D eigenvalue weighted by Gasteiger charge is -2.46. The van der Waals surface area contributed by atoms with Gasteiger partial charge in [-0.25, -0.2) is 0 Å². The van der Waals surface area contributed by atoms with Crippen LogP contribution in [0.1, 0.15) is 30.5 Å². The molecular weight excluding hydrogens is 447 g/mol. The molecule has 2 aliphatic rings. The summed E-state index contributed by atoms with van der Waals surface area (Å²) < 4.78 is 2.49. The molecule has 0 amide bonds. The molecule has 0 saturated heterocycles. The van der Waals surface area contributed by atoms with E-state index >= 15 is 0 Å². The molecule has 5 aromatic carbocycles. The Labute approximate surface area is 217 Å². The molecule has 0 N–H and O–H groups in total. The van der Waals surface area contributed by atoms with Gasteiger partial charge in [0.15, 0.2) is 0 Å². The molecule has 37 heavy (non-hydrogen) atoms. The maximum absolute atomic E-state index is 2.64. The summed E-state index contributed by atoms with van der Waals surface area (Å²) in [5.41, 5.74) is 13.2. The molecular formula is C34H27BN2. The summed E-state index contributed by atoms with van der Waals surface area (Å²) in [6.07, 6.45) is 0. The van der Waals surface area contributed by atoms with Gasteiger partial charge in [0, 0.05) is 33.2 Å². The van der Waals surface area contributed by atoms with Crippen molar-refractivity contribution in [3.05, 3.63) is 126 Å². The fourth-order valence-electron chi connectivity index (χ4n) is 7.11. The van der Waals surface area contributed by atoms with Gasteiger partial charge in [-0.3, -0.25) is 0 Å². The summed E-state index contributed by atoms with van der Waals surface area (Å²) in [6.45, 7) is 7.07. The van der Waals surface area contributed by atoms with E-state index in [0.717, 1.165) is 0 Å². The number of anilines is 2. The smallest absolute Gasteiger partial charge is 0.332 e. The summed E-state index contributed by atoms with van der Waals surface area (Å²) in [5, 5.41) is 2.63. The van der Waals surface area contributed by atoms with Gasteiger partial charge in [0.1, 0.15) is 0 Å². The maximum atomic E-state index is 2.64. The van der Waals surface area contributed by atoms with Gasteiger partial charge in [-0.05, 0) is 52.7 Å². The summed E-state index contributed by atoms with van der Waals surface area (Å²) in [5.74, 6) is 0. The monoisotopic (exact) mass is 474 g/mol. The van der Waals surface area contributed by atoms with Gasteiger partial charge in [0.05, 0.1) is 11.0 Å². The van der Waals surface area contributed by atoms with Crippen LogP contribution >= 0.6 is 0 Å². The lowest BCUT2D eigenvalue weighted by atomic mass is 9.46. The Morgan fingerprint density at radius 1 is 0.595 bits per heavy atom. The number of para-hydroxylation sites is 5. The first-order chi connectivity index (χ1) is 18.1. The standard InChI is InChI=1S/C34H27BN2/c1-22-12-10-16-26-32(22)37(30-20-8-5-15-25(30)34(26,2)3)35-27-17-6-9-21-31(27)36-29-19-7-4-13-23(29)24-14-11-18-28(35)33(24)36/h4-21H,1-3H3. The summed E-state index contributed by atoms with van der Waals surface area (Å²) >= 11 is 0. The minimum atomic E-state index is -0.0798. The lowest BCUT2D eigenvalue weighted by Crippen LogP contribution is -2.59. The first kappa shape index (κ1) is 20.9. The highest BCUT2D eigenvalue weighted by Gasteiger charge is 2.44. The van der Waals surface area contributed by atoms with Crippen LogP contribution in [0, 0.1) is 6.92 Å². The molecule has 0 fully saturated rings. The van der Waals surface area contributed by atoms with Crippen molar-refractivity contribution in [2.45, 2.75) is 26.2 Å². The Kier molecular flexibility index (Phi) is 4.05. The van der Waals surface area contributed by atoms with E-state index in [4.69, 9.17) is 0 Å². The molecule has 2 nitrogen and oxygen atoms in total. The molecule has 3 heteroatoms. The van der Waals surface area contributed by atoms with Crippen molar-refractivity contribution in [2.24, 2.45) is 0 Å². The van der Waals surface area contributed by atoms with Gasteiger partial charge < -0.3 is 9.38 Å². The molecule has 1 aromatic heterocycles. The number of hydrogen-bond acceptors (Lipinski definition) is 1. The third kappa shape index (κ3) is 2.56. The van der Waals surface area contributed by atoms with Gasteiger partial charge in [0.2, 0.25) is 0 Å². The Bertz CT molecular complexity index is 1890. The van der Waals surface area contributed by atoms with E-state index in [1.54, 1.807) is 0 Å². The molecule has 0 spiro atoms. The average Bonchev–Trinajstić information content (AvgIpc) is 3.27. The third-order valence-electron chi connectivity index (χ3n) is 8.74. The average molecular weight is 474 g/mol. The highest BCUT2D eigenvalue weighted by molar-refractivity contribution is 6.92. The molecule has 0 unspecified atom stereocenters. The summed E-state index contributed by atoms with van der Waals surface area (Å²) in [4.78, 5) is 2.64. The Balaban J connectivity index is 1.54. The second-order valence-electron chi connectivity index (χ2n) is 11.0. The molecule has 0 aliphatic carbocycles. The van der Waals surface area contributed by atoms with Crippen LogP contribution in [-0.4, -0.2) is 11.4 Å². The zero-order valence-corrected chi connectivity index (χ0v) is 21.4. The van der Waals surface area contributed by atoms with Gasteiger partial charge >= 0.3 is 6.85 Å². The number of aryl methyl sites for hydroxylation is 1. The second kappa shape index (κ2) is 7.17. The molecule has 3 heterocycles. The van der Waals surface area contributed by atoms with Crippen LogP contribution in [0.5, 0.6) is 0 Å². The number of benzene rings is 5. The van der Waals surface area contributed by atoms with Gasteiger partial charge in [-0.2, -0.15) is 0 Å². The third-order valence-corrected chi connectivity index (χ3v) is 8.74. The number of nitrogens with zero attached hydrogens (tertiary/aromatic N) is 2. The summed E-state index contributed by atoms with van der Waals surface area (Å²) in [6, 6.07) is 40.5. The fourth-order valence-corrected chi connectivity index (χ4v) is 7.11. The molecule has 0 radical (unpaired) electrons. The molecule has 176 valence electrons. The van der Waals surface area contributed by atoms with Gasteiger partial charge in [-0.1, -0.05) is 105 Å². The molecule has 0 bridgehead atoms. The van der Waals surface area contributed by atoms with Crippen molar-refractivity contribution in [3.8, 4) is 5.69 Å². The molecule has 8 rings (SSSR count). The maximum Gasteiger partial charge on any atom is 0.332 e. The van der Waals surface area contributed by atoms with Crippen LogP contribution in [0.15, 0.2) is 109 Å². The van der Waals surface area contributed by atoms with Gasteiger partial charge in [-0.15, -0.1) is 0 Å². The van der Waals surface area contributed by atoms with Crippen molar-refractivity contribution in [3.63, 3.8) is 0 Å². The molecule has 2 aliphatic heterocycles. The largest absolute Gasteiger partial charge is 0.376 e. The Morgan fingerprint density at radius 3 is 2.14 bits per heavy atom. The Morgan fingerprint density at radius 2 is 1.24 bits per heavy atom. The van der Waals surface area contributed by atoms with Crippen LogP contribution in [-0.2, 0) is 5.41 Å². The minimum absolute atomic E-state index is 0.0637. The van der Waals surface area contributed by atoms with Crippen molar-refractivity contribution >= 4 is 51.0 Å². The van der Waals surface area contributed by atoms with Crippen LogP contribution in [0.2, 0.25) is 0 Å². The first-order valence-corrected chi connectivity index (χ1v) is 13.2. The summed E-state index contributed by atoms with van der Waals surface area (Å²) in [7, 11) is 0. The lowest BCUT2D eigenvalue weighted by molar-refractivity contribution is 0.633. The van der Waals surface area contributed by atoms with E-state index < -0.39 is 0 Å². The number of rotatable bonds is 1. The van der Waals surface area contributed by atoms with E-state index in [-0.39, 0.29) is 12.3 Å². The molecule has 0 atom stereocenters. The number of fused-ring (bicyclic) bond motifs is 7. The fraction of sp³-hybridized carbons (Fsp3) is 0.118. The van der Waals surface area contributed by atoms with Crippen molar-refractivity contribution in [1.29, 1.82) is 0 Å². The quantitative estimate of drug-likeness (QED) is 0.233. The topological polar surface area (TPSA) is 8.17 Å². The number of aromatic nitrogens is 1. The highest BCUT2D eigenvalue weighted by atomic mass is 15.1. The van der Waals surface area contributed by atoms with Gasteiger partial charge in [0.25, 0.3) is 0 Å². The second-order valence-corrected chi connectivity index (χ2v) is 11.0. The Hall–Kier alpha value is -4.24. The van der Waals surface area contributed by atoms with E-state index in [9.17, 15) is 0 Å². The molecule has 0 saturated carbocycles. The normalized spacial score (nSPS) is 15.0. The van der Waals surface area contributed by atoms with E-state index in [2.05, 4.69) is 139 Å². The van der Waals surface area contributed by atoms with Crippen molar-refractivity contribution in [2.75, 3.05) is 4.81 Å². The zero-order valence-electron chi connectivity index (χ0n) is 21.4. The highest BCUT2D eigenvalue weighted by Crippen LogP contribution is 2.50. The van der Waals surface area contributed by atoms with Crippen LogP contribution in [0.25, 0.3) is 27.5 Å². The molecule has 6 aromatic rings. The van der Waals surface area contributed by atoms with Crippen LogP contribution in [0.4, 0.5) is 11.4 Å². The van der Waals surface area contributed by atoms with Crippen LogP contribution in [0.3, 0.4) is 0 Å². The predicted molar refractivity (Wildman–Crippen MR) is 158 cm³/mol.